The van der Waals surface area contributed by atoms with Gasteiger partial charge in [0.05, 0.1) is 0 Å². The van der Waals surface area contributed by atoms with Crippen LogP contribution in [0.25, 0.3) is 11.5 Å². The molecule has 3 aromatic rings. The van der Waals surface area contributed by atoms with Gasteiger partial charge in [-0.15, -0.1) is 0 Å². The van der Waals surface area contributed by atoms with Crippen molar-refractivity contribution in [2.24, 2.45) is 0 Å². The van der Waals surface area contributed by atoms with Crippen LogP contribution in [0.15, 0.2) is 59.0 Å². The molecule has 4 heteroatoms. The lowest BCUT2D eigenvalue weighted by molar-refractivity contribution is 0.0945. The maximum absolute atomic E-state index is 12.3. The summed E-state index contributed by atoms with van der Waals surface area (Å²) in [4.78, 5) is 16.7. The summed E-state index contributed by atoms with van der Waals surface area (Å²) in [5, 5.41) is 2.87. The second kappa shape index (κ2) is 6.48. The third-order valence-corrected chi connectivity index (χ3v) is 3.57. The fourth-order valence-electron chi connectivity index (χ4n) is 2.37. The van der Waals surface area contributed by atoms with E-state index in [0.29, 0.717) is 23.9 Å². The zero-order valence-electron chi connectivity index (χ0n) is 13.2. The van der Waals surface area contributed by atoms with Crippen molar-refractivity contribution in [2.75, 3.05) is 0 Å². The van der Waals surface area contributed by atoms with Gasteiger partial charge in [-0.25, -0.2) is 4.98 Å². The number of amides is 1. The van der Waals surface area contributed by atoms with Gasteiger partial charge in [0.15, 0.2) is 5.69 Å². The van der Waals surface area contributed by atoms with Crippen molar-refractivity contribution in [3.05, 3.63) is 77.2 Å². The number of oxazole rings is 1. The van der Waals surface area contributed by atoms with E-state index >= 15 is 0 Å². The summed E-state index contributed by atoms with van der Waals surface area (Å²) in [5.41, 5.74) is 3.36. The molecule has 0 aliphatic rings. The van der Waals surface area contributed by atoms with Crippen molar-refractivity contribution >= 4 is 5.91 Å². The molecule has 0 fully saturated rings. The minimum Gasteiger partial charge on any atom is -0.441 e. The zero-order chi connectivity index (χ0) is 16.2. The van der Waals surface area contributed by atoms with Gasteiger partial charge >= 0.3 is 0 Å². The molecule has 0 saturated carbocycles. The molecular weight excluding hydrogens is 288 g/mol. The van der Waals surface area contributed by atoms with Gasteiger partial charge in [0.2, 0.25) is 5.89 Å². The molecule has 0 bridgehead atoms. The Labute approximate surface area is 135 Å². The lowest BCUT2D eigenvalue weighted by atomic mass is 10.1. The highest BCUT2D eigenvalue weighted by Crippen LogP contribution is 2.22. The number of carbonyl (C=O) groups is 1. The topological polar surface area (TPSA) is 55.1 Å². The molecule has 0 spiro atoms. The first-order valence-corrected chi connectivity index (χ1v) is 7.50. The Morgan fingerprint density at radius 1 is 1.09 bits per heavy atom. The van der Waals surface area contributed by atoms with Crippen LogP contribution in [-0.4, -0.2) is 10.9 Å². The lowest BCUT2D eigenvalue weighted by Crippen LogP contribution is -2.23. The summed E-state index contributed by atoms with van der Waals surface area (Å²) in [5.74, 6) is 0.761. The Balaban J connectivity index is 1.76. The smallest absolute Gasteiger partial charge is 0.273 e. The van der Waals surface area contributed by atoms with Crippen LogP contribution >= 0.6 is 0 Å². The van der Waals surface area contributed by atoms with Gasteiger partial charge < -0.3 is 9.73 Å². The number of carbonyl (C=O) groups excluding carboxylic acids is 1. The summed E-state index contributed by atoms with van der Waals surface area (Å²) in [6.07, 6.45) is 0. The number of aryl methyl sites for hydroxylation is 2. The molecule has 0 saturated heterocycles. The molecule has 2 aromatic carbocycles. The van der Waals surface area contributed by atoms with E-state index in [0.717, 1.165) is 16.7 Å². The fraction of sp³-hybridized carbons (Fsp3) is 0.158. The lowest BCUT2D eigenvalue weighted by Gasteiger charge is -2.03. The normalized spacial score (nSPS) is 10.5. The van der Waals surface area contributed by atoms with Crippen molar-refractivity contribution in [1.82, 2.24) is 10.3 Å². The van der Waals surface area contributed by atoms with Gasteiger partial charge in [0.25, 0.3) is 5.91 Å². The predicted octanol–water partition coefficient (Wildman–Crippen LogP) is 3.89. The highest BCUT2D eigenvalue weighted by atomic mass is 16.4. The summed E-state index contributed by atoms with van der Waals surface area (Å²) in [6, 6.07) is 17.6. The second-order valence-corrected chi connectivity index (χ2v) is 5.46. The van der Waals surface area contributed by atoms with Crippen molar-refractivity contribution in [1.29, 1.82) is 0 Å². The maximum atomic E-state index is 12.3. The van der Waals surface area contributed by atoms with E-state index in [1.165, 1.54) is 0 Å². The van der Waals surface area contributed by atoms with Crippen molar-refractivity contribution in [3.63, 3.8) is 0 Å². The van der Waals surface area contributed by atoms with E-state index in [1.54, 1.807) is 6.92 Å². The molecule has 0 aliphatic carbocycles. The van der Waals surface area contributed by atoms with Gasteiger partial charge in [-0.1, -0.05) is 48.0 Å². The van der Waals surface area contributed by atoms with Crippen molar-refractivity contribution < 1.29 is 9.21 Å². The molecule has 1 aromatic heterocycles. The highest BCUT2D eigenvalue weighted by molar-refractivity contribution is 5.93. The van der Waals surface area contributed by atoms with E-state index < -0.39 is 0 Å². The van der Waals surface area contributed by atoms with Crippen LogP contribution in [0.1, 0.15) is 27.4 Å². The molecule has 3 rings (SSSR count). The Morgan fingerprint density at radius 2 is 1.87 bits per heavy atom. The first-order chi connectivity index (χ1) is 11.1. The number of hydrogen-bond donors (Lipinski definition) is 1. The molecule has 1 amide bonds. The van der Waals surface area contributed by atoms with Crippen LogP contribution in [0.3, 0.4) is 0 Å². The molecule has 116 valence electrons. The number of hydrogen-bond acceptors (Lipinski definition) is 3. The average molecular weight is 306 g/mol. The third-order valence-electron chi connectivity index (χ3n) is 3.57. The minimum absolute atomic E-state index is 0.228. The van der Waals surface area contributed by atoms with Crippen LogP contribution in [-0.2, 0) is 6.54 Å². The monoisotopic (exact) mass is 306 g/mol. The quantitative estimate of drug-likeness (QED) is 0.795. The molecule has 1 heterocycles. The second-order valence-electron chi connectivity index (χ2n) is 5.46. The highest BCUT2D eigenvalue weighted by Gasteiger charge is 2.17. The van der Waals surface area contributed by atoms with Crippen LogP contribution in [0.4, 0.5) is 0 Å². The van der Waals surface area contributed by atoms with Gasteiger partial charge in [-0.05, 0) is 31.5 Å². The van der Waals surface area contributed by atoms with E-state index in [-0.39, 0.29) is 5.91 Å². The van der Waals surface area contributed by atoms with Crippen molar-refractivity contribution in [2.45, 2.75) is 20.4 Å². The van der Waals surface area contributed by atoms with Gasteiger partial charge in [0, 0.05) is 12.1 Å². The van der Waals surface area contributed by atoms with Crippen LogP contribution < -0.4 is 5.32 Å². The van der Waals surface area contributed by atoms with E-state index in [2.05, 4.69) is 10.3 Å². The summed E-state index contributed by atoms with van der Waals surface area (Å²) in [7, 11) is 0. The van der Waals surface area contributed by atoms with Crippen LogP contribution in [0.5, 0.6) is 0 Å². The number of rotatable bonds is 4. The fourth-order valence-corrected chi connectivity index (χ4v) is 2.37. The average Bonchev–Trinajstić information content (AvgIpc) is 2.96. The Kier molecular flexibility index (Phi) is 4.24. The summed E-state index contributed by atoms with van der Waals surface area (Å²) >= 11 is 0. The van der Waals surface area contributed by atoms with Gasteiger partial charge in [-0.2, -0.15) is 0 Å². The SMILES string of the molecule is Cc1cccc(-c2nc(C(=O)NCc3ccccc3)c(C)o2)c1. The van der Waals surface area contributed by atoms with Crippen LogP contribution in [0.2, 0.25) is 0 Å². The van der Waals surface area contributed by atoms with Gasteiger partial charge in [0.1, 0.15) is 5.76 Å². The first kappa shape index (κ1) is 15.0. The Bertz CT molecular complexity index is 822. The third kappa shape index (κ3) is 3.48. The molecule has 4 nitrogen and oxygen atoms in total. The number of aromatic nitrogens is 1. The minimum atomic E-state index is -0.228. The number of nitrogens with zero attached hydrogens (tertiary/aromatic N) is 1. The number of nitrogens with one attached hydrogen (secondary N) is 1. The van der Waals surface area contributed by atoms with E-state index in [4.69, 9.17) is 4.42 Å². The molecular formula is C19H18N2O2. The molecule has 0 unspecified atom stereocenters. The molecule has 0 atom stereocenters. The zero-order valence-corrected chi connectivity index (χ0v) is 13.2. The van der Waals surface area contributed by atoms with Crippen LogP contribution in [0, 0.1) is 13.8 Å². The van der Waals surface area contributed by atoms with Gasteiger partial charge in [-0.3, -0.25) is 4.79 Å². The maximum Gasteiger partial charge on any atom is 0.273 e. The standard InChI is InChI=1S/C19H18N2O2/c1-13-7-6-10-16(11-13)19-21-17(14(2)23-19)18(22)20-12-15-8-4-3-5-9-15/h3-11H,12H2,1-2H3,(H,20,22). The Morgan fingerprint density at radius 3 is 2.61 bits per heavy atom. The van der Waals surface area contributed by atoms with E-state index in [9.17, 15) is 4.79 Å². The van der Waals surface area contributed by atoms with E-state index in [1.807, 2.05) is 61.5 Å². The molecule has 1 N–H and O–H groups in total. The molecule has 0 radical (unpaired) electrons. The summed E-state index contributed by atoms with van der Waals surface area (Å²) in [6.45, 7) is 4.22. The largest absolute Gasteiger partial charge is 0.441 e. The predicted molar refractivity (Wildman–Crippen MR) is 89.0 cm³/mol. The first-order valence-electron chi connectivity index (χ1n) is 7.50. The molecule has 23 heavy (non-hydrogen) atoms. The molecule has 0 aliphatic heterocycles. The summed E-state index contributed by atoms with van der Waals surface area (Å²) < 4.78 is 5.66. The Hall–Kier alpha value is -2.88. The number of benzene rings is 2. The van der Waals surface area contributed by atoms with Crippen molar-refractivity contribution in [3.8, 4) is 11.5 Å².